The van der Waals surface area contributed by atoms with Crippen molar-refractivity contribution in [1.29, 1.82) is 0 Å². The van der Waals surface area contributed by atoms with E-state index in [0.29, 0.717) is 13.0 Å². The Kier molecular flexibility index (Phi) is 5.86. The Hall–Kier alpha value is -2.43. The van der Waals surface area contributed by atoms with Crippen LogP contribution in [-0.2, 0) is 12.8 Å². The molecule has 3 nitrogen and oxygen atoms in total. The third-order valence-electron chi connectivity index (χ3n) is 4.74. The van der Waals surface area contributed by atoms with Crippen LogP contribution in [0.1, 0.15) is 41.3 Å². The quantitative estimate of drug-likeness (QED) is 0.843. The number of hydrogen-bond acceptors (Lipinski definition) is 2. The second-order valence-corrected chi connectivity index (χ2v) is 6.66. The fraction of sp³-hybridized carbons (Fsp3) is 0.381. The van der Waals surface area contributed by atoms with Crippen molar-refractivity contribution >= 4 is 11.6 Å². The van der Waals surface area contributed by atoms with Crippen LogP contribution in [0.2, 0.25) is 0 Å². The van der Waals surface area contributed by atoms with Gasteiger partial charge in [-0.15, -0.1) is 0 Å². The molecule has 0 aliphatic carbocycles. The zero-order chi connectivity index (χ0) is 18.5. The van der Waals surface area contributed by atoms with Crippen molar-refractivity contribution in [3.8, 4) is 0 Å². The Bertz CT molecular complexity index is 771. The summed E-state index contributed by atoms with van der Waals surface area (Å²) in [6.07, 6.45) is 3.97. The van der Waals surface area contributed by atoms with Crippen molar-refractivity contribution in [3.63, 3.8) is 0 Å². The molecule has 0 unspecified atom stereocenters. The van der Waals surface area contributed by atoms with Crippen LogP contribution in [0.3, 0.4) is 0 Å². The van der Waals surface area contributed by atoms with E-state index < -0.39 is 23.1 Å². The second-order valence-electron chi connectivity index (χ2n) is 6.66. The standard InChI is InChI=1S/C21H24F2N2O/c1-2-12-25-13-4-5-16-14-15(8-9-19(16)25)10-11-24-21(26)20-17(22)6-3-7-18(20)23/h3,6-9,14H,2,4-5,10-13H2,1H3,(H,24,26). The fourth-order valence-electron chi connectivity index (χ4n) is 3.51. The maximum Gasteiger partial charge on any atom is 0.257 e. The Morgan fingerprint density at radius 3 is 2.69 bits per heavy atom. The summed E-state index contributed by atoms with van der Waals surface area (Å²) in [5.74, 6) is -2.40. The topological polar surface area (TPSA) is 32.3 Å². The van der Waals surface area contributed by atoms with Gasteiger partial charge >= 0.3 is 0 Å². The summed E-state index contributed by atoms with van der Waals surface area (Å²) in [4.78, 5) is 14.4. The van der Waals surface area contributed by atoms with Gasteiger partial charge < -0.3 is 10.2 Å². The SMILES string of the molecule is CCCN1CCCc2cc(CCNC(=O)c3c(F)cccc3F)ccc21. The van der Waals surface area contributed by atoms with Gasteiger partial charge in [0.15, 0.2) is 0 Å². The zero-order valence-electron chi connectivity index (χ0n) is 15.0. The summed E-state index contributed by atoms with van der Waals surface area (Å²) in [7, 11) is 0. The molecule has 0 fully saturated rings. The third-order valence-corrected chi connectivity index (χ3v) is 4.74. The first-order valence-electron chi connectivity index (χ1n) is 9.19. The molecule has 0 bridgehead atoms. The minimum atomic E-state index is -0.840. The molecule has 1 N–H and O–H groups in total. The summed E-state index contributed by atoms with van der Waals surface area (Å²) < 4.78 is 27.3. The van der Waals surface area contributed by atoms with Gasteiger partial charge in [0.2, 0.25) is 0 Å². The maximum absolute atomic E-state index is 13.6. The molecule has 1 amide bonds. The van der Waals surface area contributed by atoms with E-state index >= 15 is 0 Å². The number of fused-ring (bicyclic) bond motifs is 1. The third kappa shape index (κ3) is 4.03. The van der Waals surface area contributed by atoms with E-state index in [9.17, 15) is 13.6 Å². The molecular weight excluding hydrogens is 334 g/mol. The van der Waals surface area contributed by atoms with Gasteiger partial charge in [0.05, 0.1) is 0 Å². The van der Waals surface area contributed by atoms with Crippen LogP contribution in [0.5, 0.6) is 0 Å². The van der Waals surface area contributed by atoms with E-state index in [0.717, 1.165) is 50.0 Å². The largest absolute Gasteiger partial charge is 0.371 e. The molecule has 138 valence electrons. The first-order chi connectivity index (χ1) is 12.6. The summed E-state index contributed by atoms with van der Waals surface area (Å²) >= 11 is 0. The number of rotatable bonds is 6. The first-order valence-corrected chi connectivity index (χ1v) is 9.19. The molecule has 0 spiro atoms. The molecule has 0 saturated heterocycles. The molecule has 0 radical (unpaired) electrons. The van der Waals surface area contributed by atoms with Crippen LogP contribution in [0.4, 0.5) is 14.5 Å². The highest BCUT2D eigenvalue weighted by Crippen LogP contribution is 2.28. The highest BCUT2D eigenvalue weighted by Gasteiger charge is 2.18. The summed E-state index contributed by atoms with van der Waals surface area (Å²) in [5.41, 5.74) is 3.25. The predicted octanol–water partition coefficient (Wildman–Crippen LogP) is 4.10. The van der Waals surface area contributed by atoms with Crippen molar-refractivity contribution in [2.75, 3.05) is 24.5 Å². The van der Waals surface area contributed by atoms with Gasteiger partial charge in [-0.3, -0.25) is 4.79 Å². The Labute approximate surface area is 153 Å². The van der Waals surface area contributed by atoms with Gasteiger partial charge in [-0.25, -0.2) is 8.78 Å². The summed E-state index contributed by atoms with van der Waals surface area (Å²) in [5, 5.41) is 2.61. The number of nitrogens with zero attached hydrogens (tertiary/aromatic N) is 1. The number of halogens is 2. The van der Waals surface area contributed by atoms with Crippen molar-refractivity contribution in [3.05, 3.63) is 64.7 Å². The maximum atomic E-state index is 13.6. The minimum Gasteiger partial charge on any atom is -0.371 e. The normalized spacial score (nSPS) is 13.4. The lowest BCUT2D eigenvalue weighted by Gasteiger charge is -2.31. The number of carbonyl (C=O) groups is 1. The van der Waals surface area contributed by atoms with Gasteiger partial charge in [-0.2, -0.15) is 0 Å². The molecule has 0 atom stereocenters. The molecule has 26 heavy (non-hydrogen) atoms. The van der Waals surface area contributed by atoms with Crippen LogP contribution < -0.4 is 10.2 Å². The molecule has 2 aromatic rings. The number of nitrogens with one attached hydrogen (secondary N) is 1. The number of aryl methyl sites for hydroxylation is 1. The van der Waals surface area contributed by atoms with E-state index in [2.05, 4.69) is 35.3 Å². The molecular formula is C21H24F2N2O. The molecule has 3 rings (SSSR count). The summed E-state index contributed by atoms with van der Waals surface area (Å²) in [6, 6.07) is 9.83. The number of benzene rings is 2. The lowest BCUT2D eigenvalue weighted by atomic mass is 9.98. The van der Waals surface area contributed by atoms with Gasteiger partial charge in [-0.05, 0) is 55.0 Å². The fourth-order valence-corrected chi connectivity index (χ4v) is 3.51. The Morgan fingerprint density at radius 1 is 1.19 bits per heavy atom. The highest BCUT2D eigenvalue weighted by molar-refractivity contribution is 5.94. The van der Waals surface area contributed by atoms with Crippen molar-refractivity contribution in [2.24, 2.45) is 0 Å². The lowest BCUT2D eigenvalue weighted by molar-refractivity contribution is 0.0945. The van der Waals surface area contributed by atoms with Crippen molar-refractivity contribution < 1.29 is 13.6 Å². The lowest BCUT2D eigenvalue weighted by Crippen LogP contribution is -2.30. The smallest absolute Gasteiger partial charge is 0.257 e. The van der Waals surface area contributed by atoms with Crippen LogP contribution in [0, 0.1) is 11.6 Å². The average molecular weight is 358 g/mol. The Morgan fingerprint density at radius 2 is 1.96 bits per heavy atom. The van der Waals surface area contributed by atoms with Crippen LogP contribution in [-0.4, -0.2) is 25.5 Å². The van der Waals surface area contributed by atoms with E-state index in [1.54, 1.807) is 0 Å². The van der Waals surface area contributed by atoms with E-state index in [4.69, 9.17) is 0 Å². The molecule has 0 saturated carbocycles. The average Bonchev–Trinajstić information content (AvgIpc) is 2.62. The molecule has 1 heterocycles. The van der Waals surface area contributed by atoms with Crippen molar-refractivity contribution in [2.45, 2.75) is 32.6 Å². The Balaban J connectivity index is 1.61. The molecule has 1 aliphatic heterocycles. The highest BCUT2D eigenvalue weighted by atomic mass is 19.1. The minimum absolute atomic E-state index is 0.337. The molecule has 2 aromatic carbocycles. The molecule has 1 aliphatic rings. The molecule has 5 heteroatoms. The van der Waals surface area contributed by atoms with Crippen molar-refractivity contribution in [1.82, 2.24) is 5.32 Å². The monoisotopic (exact) mass is 358 g/mol. The van der Waals surface area contributed by atoms with Gasteiger partial charge in [-0.1, -0.05) is 25.1 Å². The van der Waals surface area contributed by atoms with E-state index in [1.165, 1.54) is 17.3 Å². The van der Waals surface area contributed by atoms with Crippen LogP contribution in [0.25, 0.3) is 0 Å². The van der Waals surface area contributed by atoms with Gasteiger partial charge in [0.1, 0.15) is 17.2 Å². The number of hydrogen-bond donors (Lipinski definition) is 1. The van der Waals surface area contributed by atoms with Gasteiger partial charge in [0.25, 0.3) is 5.91 Å². The van der Waals surface area contributed by atoms with Gasteiger partial charge in [0, 0.05) is 25.3 Å². The second kappa shape index (κ2) is 8.30. The summed E-state index contributed by atoms with van der Waals surface area (Å²) in [6.45, 7) is 4.69. The predicted molar refractivity (Wildman–Crippen MR) is 99.7 cm³/mol. The zero-order valence-corrected chi connectivity index (χ0v) is 15.0. The number of anilines is 1. The van der Waals surface area contributed by atoms with E-state index in [1.807, 2.05) is 0 Å². The number of carbonyl (C=O) groups excluding carboxylic acids is 1. The first kappa shape index (κ1) is 18.4. The molecule has 0 aromatic heterocycles. The van der Waals surface area contributed by atoms with E-state index in [-0.39, 0.29) is 0 Å². The van der Waals surface area contributed by atoms with Crippen LogP contribution in [0.15, 0.2) is 36.4 Å². The number of amides is 1. The van der Waals surface area contributed by atoms with Crippen LogP contribution >= 0.6 is 0 Å².